The average molecular weight is 316 g/mol. The van der Waals surface area contributed by atoms with Crippen LogP contribution in [0.4, 0.5) is 5.69 Å². The number of nitriles is 1. The predicted octanol–water partition coefficient (Wildman–Crippen LogP) is 2.58. The van der Waals surface area contributed by atoms with Crippen molar-refractivity contribution in [2.75, 3.05) is 32.5 Å². The second-order valence-corrected chi connectivity index (χ2v) is 4.84. The third-order valence-electron chi connectivity index (χ3n) is 2.65. The number of anilines is 1. The van der Waals surface area contributed by atoms with Gasteiger partial charge in [0.1, 0.15) is 0 Å². The SMILES string of the molecule is COCCN(CCC#N)C(=O)c1cc(N)c(Cl)c(Cl)c1. The molecule has 0 atom stereocenters. The molecule has 7 heteroatoms. The summed E-state index contributed by atoms with van der Waals surface area (Å²) in [4.78, 5) is 13.9. The zero-order valence-electron chi connectivity index (χ0n) is 11.0. The summed E-state index contributed by atoms with van der Waals surface area (Å²) in [6, 6.07) is 4.95. The van der Waals surface area contributed by atoms with Crippen molar-refractivity contribution in [2.45, 2.75) is 6.42 Å². The number of carbonyl (C=O) groups excluding carboxylic acids is 1. The number of ether oxygens (including phenoxy) is 1. The summed E-state index contributed by atoms with van der Waals surface area (Å²) in [7, 11) is 1.55. The summed E-state index contributed by atoms with van der Waals surface area (Å²) >= 11 is 11.8. The lowest BCUT2D eigenvalue weighted by atomic mass is 10.1. The number of methoxy groups -OCH3 is 1. The molecule has 0 heterocycles. The van der Waals surface area contributed by atoms with E-state index in [1.807, 2.05) is 6.07 Å². The standard InChI is InChI=1S/C13H15Cl2N3O2/c1-20-6-5-18(4-2-3-16)13(19)9-7-10(14)12(15)11(17)8-9/h7-8H,2,4-6,17H2,1H3. The highest BCUT2D eigenvalue weighted by molar-refractivity contribution is 6.43. The second-order valence-electron chi connectivity index (χ2n) is 4.05. The number of hydrogen-bond donors (Lipinski definition) is 1. The molecule has 0 unspecified atom stereocenters. The van der Waals surface area contributed by atoms with Gasteiger partial charge in [0.05, 0.1) is 34.8 Å². The molecule has 0 spiro atoms. The zero-order chi connectivity index (χ0) is 15.1. The average Bonchev–Trinajstić information content (AvgIpc) is 2.43. The molecule has 20 heavy (non-hydrogen) atoms. The van der Waals surface area contributed by atoms with Crippen molar-refractivity contribution in [3.8, 4) is 6.07 Å². The molecule has 1 amide bonds. The van der Waals surface area contributed by atoms with Gasteiger partial charge in [-0.3, -0.25) is 4.79 Å². The van der Waals surface area contributed by atoms with Gasteiger partial charge in [-0.15, -0.1) is 0 Å². The molecule has 0 saturated carbocycles. The Bertz CT molecular complexity index is 506. The van der Waals surface area contributed by atoms with Gasteiger partial charge in [0.15, 0.2) is 0 Å². The third-order valence-corrected chi connectivity index (χ3v) is 3.47. The van der Waals surface area contributed by atoms with Gasteiger partial charge in [-0.25, -0.2) is 0 Å². The first kappa shape index (κ1) is 16.6. The normalized spacial score (nSPS) is 10.1. The second kappa shape index (κ2) is 7.95. The van der Waals surface area contributed by atoms with Gasteiger partial charge < -0.3 is 15.4 Å². The molecule has 0 aromatic heterocycles. The number of halogens is 2. The maximum Gasteiger partial charge on any atom is 0.254 e. The van der Waals surface area contributed by atoms with E-state index in [0.29, 0.717) is 25.3 Å². The number of nitrogens with zero attached hydrogens (tertiary/aromatic N) is 2. The lowest BCUT2D eigenvalue weighted by molar-refractivity contribution is 0.0700. The van der Waals surface area contributed by atoms with Crippen molar-refractivity contribution in [1.29, 1.82) is 5.26 Å². The zero-order valence-corrected chi connectivity index (χ0v) is 12.5. The fourth-order valence-corrected chi connectivity index (χ4v) is 1.95. The van der Waals surface area contributed by atoms with Crippen molar-refractivity contribution < 1.29 is 9.53 Å². The van der Waals surface area contributed by atoms with E-state index in [1.54, 1.807) is 7.11 Å². The number of amides is 1. The smallest absolute Gasteiger partial charge is 0.254 e. The molecule has 0 aliphatic heterocycles. The van der Waals surface area contributed by atoms with Crippen molar-refractivity contribution in [3.63, 3.8) is 0 Å². The fourth-order valence-electron chi connectivity index (χ4n) is 1.62. The van der Waals surface area contributed by atoms with Crippen molar-refractivity contribution in [3.05, 3.63) is 27.7 Å². The molecule has 0 bridgehead atoms. The van der Waals surface area contributed by atoms with Gasteiger partial charge in [0, 0.05) is 25.8 Å². The van der Waals surface area contributed by atoms with E-state index in [4.69, 9.17) is 38.9 Å². The molecule has 0 aliphatic rings. The summed E-state index contributed by atoms with van der Waals surface area (Å²) in [5.74, 6) is -0.262. The van der Waals surface area contributed by atoms with E-state index in [2.05, 4.69) is 0 Å². The van der Waals surface area contributed by atoms with Gasteiger partial charge in [-0.1, -0.05) is 23.2 Å². The van der Waals surface area contributed by atoms with E-state index in [-0.39, 0.29) is 28.1 Å². The van der Waals surface area contributed by atoms with Crippen molar-refractivity contribution >= 4 is 34.8 Å². The Morgan fingerprint density at radius 2 is 2.15 bits per heavy atom. The molecular weight excluding hydrogens is 301 g/mol. The molecule has 5 nitrogen and oxygen atoms in total. The Balaban J connectivity index is 2.96. The Hall–Kier alpha value is -1.48. The van der Waals surface area contributed by atoms with E-state index < -0.39 is 0 Å². The summed E-state index contributed by atoms with van der Waals surface area (Å²) in [6.07, 6.45) is 0.242. The van der Waals surface area contributed by atoms with Crippen LogP contribution in [0, 0.1) is 11.3 Å². The molecule has 0 aliphatic carbocycles. The van der Waals surface area contributed by atoms with E-state index in [9.17, 15) is 4.79 Å². The molecule has 0 saturated heterocycles. The van der Waals surface area contributed by atoms with Crippen LogP contribution in [-0.4, -0.2) is 37.6 Å². The fraction of sp³-hybridized carbons (Fsp3) is 0.385. The summed E-state index contributed by atoms with van der Waals surface area (Å²) in [5, 5.41) is 9.09. The first-order chi connectivity index (χ1) is 9.51. The Morgan fingerprint density at radius 3 is 2.70 bits per heavy atom. The molecule has 108 valence electrons. The van der Waals surface area contributed by atoms with Crippen LogP contribution < -0.4 is 5.73 Å². The van der Waals surface area contributed by atoms with Crippen LogP contribution in [0.5, 0.6) is 0 Å². The number of nitrogen functional groups attached to an aromatic ring is 1. The predicted molar refractivity (Wildman–Crippen MR) is 78.9 cm³/mol. The van der Waals surface area contributed by atoms with Gasteiger partial charge in [0.2, 0.25) is 0 Å². The molecule has 0 radical (unpaired) electrons. The van der Waals surface area contributed by atoms with Gasteiger partial charge in [0.25, 0.3) is 5.91 Å². The number of nitrogens with two attached hydrogens (primary N) is 1. The monoisotopic (exact) mass is 315 g/mol. The van der Waals surface area contributed by atoms with E-state index >= 15 is 0 Å². The van der Waals surface area contributed by atoms with Crippen LogP contribution in [0.25, 0.3) is 0 Å². The van der Waals surface area contributed by atoms with E-state index in [1.165, 1.54) is 17.0 Å². The Morgan fingerprint density at radius 1 is 1.45 bits per heavy atom. The molecule has 1 rings (SSSR count). The largest absolute Gasteiger partial charge is 0.397 e. The lowest BCUT2D eigenvalue weighted by Gasteiger charge is -2.21. The minimum atomic E-state index is -0.262. The number of hydrogen-bond acceptors (Lipinski definition) is 4. The Kier molecular flexibility index (Phi) is 6.59. The van der Waals surface area contributed by atoms with E-state index in [0.717, 1.165) is 0 Å². The van der Waals surface area contributed by atoms with Crippen molar-refractivity contribution in [1.82, 2.24) is 4.90 Å². The third kappa shape index (κ3) is 4.27. The molecule has 1 aromatic carbocycles. The Labute approximate surface area is 127 Å². The van der Waals surface area contributed by atoms with Gasteiger partial charge in [-0.2, -0.15) is 5.26 Å². The quantitative estimate of drug-likeness (QED) is 0.818. The van der Waals surface area contributed by atoms with Gasteiger partial charge in [-0.05, 0) is 12.1 Å². The first-order valence-electron chi connectivity index (χ1n) is 5.91. The van der Waals surface area contributed by atoms with Crippen molar-refractivity contribution in [2.24, 2.45) is 0 Å². The summed E-state index contributed by atoms with van der Waals surface area (Å²) < 4.78 is 4.96. The minimum absolute atomic E-state index is 0.224. The van der Waals surface area contributed by atoms with Gasteiger partial charge >= 0.3 is 0 Å². The maximum absolute atomic E-state index is 12.4. The number of benzene rings is 1. The minimum Gasteiger partial charge on any atom is -0.397 e. The lowest BCUT2D eigenvalue weighted by Crippen LogP contribution is -2.34. The molecule has 1 aromatic rings. The molecular formula is C13H15Cl2N3O2. The van der Waals surface area contributed by atoms with Crippen LogP contribution in [0.15, 0.2) is 12.1 Å². The summed E-state index contributed by atoms with van der Waals surface area (Å²) in [6.45, 7) is 1.09. The number of carbonyl (C=O) groups is 1. The highest BCUT2D eigenvalue weighted by Crippen LogP contribution is 2.29. The number of rotatable bonds is 6. The molecule has 2 N–H and O–H groups in total. The van der Waals surface area contributed by atoms with Crippen LogP contribution >= 0.6 is 23.2 Å². The molecule has 0 fully saturated rings. The highest BCUT2D eigenvalue weighted by Gasteiger charge is 2.17. The van der Waals surface area contributed by atoms with Crippen LogP contribution in [0.3, 0.4) is 0 Å². The maximum atomic E-state index is 12.4. The summed E-state index contributed by atoms with van der Waals surface area (Å²) in [5.41, 5.74) is 6.28. The highest BCUT2D eigenvalue weighted by atomic mass is 35.5. The van der Waals surface area contributed by atoms with Crippen LogP contribution in [0.1, 0.15) is 16.8 Å². The van der Waals surface area contributed by atoms with Crippen LogP contribution in [-0.2, 0) is 4.74 Å². The topological polar surface area (TPSA) is 79.3 Å². The first-order valence-corrected chi connectivity index (χ1v) is 6.66. The van der Waals surface area contributed by atoms with Crippen LogP contribution in [0.2, 0.25) is 10.0 Å².